The summed E-state index contributed by atoms with van der Waals surface area (Å²) in [5, 5.41) is 14.5. The normalized spacial score (nSPS) is 20.7. The molecule has 1 heterocycles. The lowest BCUT2D eigenvalue weighted by Gasteiger charge is -2.31. The topological polar surface area (TPSA) is 96.9 Å². The van der Waals surface area contributed by atoms with Crippen molar-refractivity contribution < 1.29 is 24.2 Å². The first-order valence-electron chi connectivity index (χ1n) is 7.66. The molecule has 23 heavy (non-hydrogen) atoms. The third kappa shape index (κ3) is 5.22. The molecule has 2 unspecified atom stereocenters. The molecule has 0 spiro atoms. The molecule has 0 radical (unpaired) electrons. The van der Waals surface area contributed by atoms with Crippen molar-refractivity contribution in [3.63, 3.8) is 0 Å². The zero-order valence-corrected chi connectivity index (χ0v) is 13.1. The number of hydrogen-bond acceptors (Lipinski definition) is 4. The molecule has 0 aliphatic carbocycles. The van der Waals surface area contributed by atoms with Crippen molar-refractivity contribution in [2.45, 2.75) is 32.0 Å². The first-order chi connectivity index (χ1) is 11.1. The average molecular weight is 322 g/mol. The van der Waals surface area contributed by atoms with Crippen molar-refractivity contribution >= 4 is 12.0 Å². The summed E-state index contributed by atoms with van der Waals surface area (Å²) < 4.78 is 10.9. The molecule has 3 N–H and O–H groups in total. The molecule has 0 bridgehead atoms. The molecule has 1 fully saturated rings. The van der Waals surface area contributed by atoms with Crippen LogP contribution in [0.1, 0.15) is 29.3 Å². The van der Waals surface area contributed by atoms with Gasteiger partial charge >= 0.3 is 12.0 Å². The SMILES string of the molecule is CCOC1COCCC1NC(=O)NCc1ccc(C(=O)O)cc1. The van der Waals surface area contributed by atoms with Gasteiger partial charge in [-0.05, 0) is 31.0 Å². The highest BCUT2D eigenvalue weighted by molar-refractivity contribution is 5.87. The Bertz CT molecular complexity index is 530. The van der Waals surface area contributed by atoms with E-state index in [-0.39, 0.29) is 23.7 Å². The van der Waals surface area contributed by atoms with Gasteiger partial charge < -0.3 is 25.2 Å². The molecular formula is C16H22N2O5. The van der Waals surface area contributed by atoms with Crippen LogP contribution in [0.2, 0.25) is 0 Å². The first-order valence-corrected chi connectivity index (χ1v) is 7.66. The van der Waals surface area contributed by atoms with Crippen molar-refractivity contribution in [2.24, 2.45) is 0 Å². The highest BCUT2D eigenvalue weighted by Crippen LogP contribution is 2.11. The fourth-order valence-electron chi connectivity index (χ4n) is 2.42. The van der Waals surface area contributed by atoms with Crippen LogP contribution in [0.3, 0.4) is 0 Å². The Morgan fingerprint density at radius 3 is 2.74 bits per heavy atom. The Morgan fingerprint density at radius 1 is 1.35 bits per heavy atom. The summed E-state index contributed by atoms with van der Waals surface area (Å²) in [6, 6.07) is 6.05. The van der Waals surface area contributed by atoms with Gasteiger partial charge in [-0.15, -0.1) is 0 Å². The van der Waals surface area contributed by atoms with Gasteiger partial charge in [0.15, 0.2) is 0 Å². The fourth-order valence-corrected chi connectivity index (χ4v) is 2.42. The Kier molecular flexibility index (Phi) is 6.37. The predicted octanol–water partition coefficient (Wildman–Crippen LogP) is 1.38. The number of carbonyl (C=O) groups excluding carboxylic acids is 1. The van der Waals surface area contributed by atoms with Crippen molar-refractivity contribution in [3.05, 3.63) is 35.4 Å². The number of benzene rings is 1. The number of amides is 2. The van der Waals surface area contributed by atoms with E-state index in [2.05, 4.69) is 10.6 Å². The first kappa shape index (κ1) is 17.2. The molecule has 7 heteroatoms. The maximum atomic E-state index is 12.0. The maximum absolute atomic E-state index is 12.0. The molecule has 2 rings (SSSR count). The lowest BCUT2D eigenvalue weighted by Crippen LogP contribution is -2.52. The minimum atomic E-state index is -0.969. The number of nitrogens with one attached hydrogen (secondary N) is 2. The third-order valence-corrected chi connectivity index (χ3v) is 3.66. The van der Waals surface area contributed by atoms with Crippen molar-refractivity contribution in [1.82, 2.24) is 10.6 Å². The Balaban J connectivity index is 1.80. The van der Waals surface area contributed by atoms with Gasteiger partial charge in [-0.3, -0.25) is 0 Å². The van der Waals surface area contributed by atoms with Gasteiger partial charge in [-0.25, -0.2) is 9.59 Å². The van der Waals surface area contributed by atoms with Crippen LogP contribution in [0.25, 0.3) is 0 Å². The molecule has 0 aromatic heterocycles. The minimum absolute atomic E-state index is 0.0712. The molecule has 7 nitrogen and oxygen atoms in total. The molecule has 1 aromatic rings. The lowest BCUT2D eigenvalue weighted by atomic mass is 10.1. The average Bonchev–Trinajstić information content (AvgIpc) is 2.55. The van der Waals surface area contributed by atoms with E-state index in [9.17, 15) is 9.59 Å². The monoisotopic (exact) mass is 322 g/mol. The Morgan fingerprint density at radius 2 is 2.09 bits per heavy atom. The molecule has 126 valence electrons. The molecule has 2 amide bonds. The van der Waals surface area contributed by atoms with Crippen LogP contribution in [-0.4, -0.2) is 49.1 Å². The highest BCUT2D eigenvalue weighted by Gasteiger charge is 2.27. The summed E-state index contributed by atoms with van der Waals surface area (Å²) >= 11 is 0. The van der Waals surface area contributed by atoms with Crippen LogP contribution >= 0.6 is 0 Å². The van der Waals surface area contributed by atoms with Crippen LogP contribution in [-0.2, 0) is 16.0 Å². The molecule has 2 atom stereocenters. The van der Waals surface area contributed by atoms with Gasteiger partial charge in [0.1, 0.15) is 6.10 Å². The largest absolute Gasteiger partial charge is 0.478 e. The second-order valence-electron chi connectivity index (χ2n) is 5.29. The van der Waals surface area contributed by atoms with Gasteiger partial charge in [0, 0.05) is 19.8 Å². The molecule has 1 aliphatic rings. The van der Waals surface area contributed by atoms with Crippen molar-refractivity contribution in [2.75, 3.05) is 19.8 Å². The van der Waals surface area contributed by atoms with Crippen LogP contribution < -0.4 is 10.6 Å². The summed E-state index contributed by atoms with van der Waals surface area (Å²) in [4.78, 5) is 22.8. The van der Waals surface area contributed by atoms with Crippen molar-refractivity contribution in [3.8, 4) is 0 Å². The maximum Gasteiger partial charge on any atom is 0.335 e. The number of ether oxygens (including phenoxy) is 2. The van der Waals surface area contributed by atoms with Crippen molar-refractivity contribution in [1.29, 1.82) is 0 Å². The van der Waals surface area contributed by atoms with Crippen LogP contribution in [0.5, 0.6) is 0 Å². The summed E-state index contributed by atoms with van der Waals surface area (Å²) in [6.07, 6.45) is 0.583. The molecule has 1 aliphatic heterocycles. The lowest BCUT2D eigenvalue weighted by molar-refractivity contribution is -0.0625. The molecule has 0 saturated carbocycles. The van der Waals surface area contributed by atoms with Crippen LogP contribution in [0, 0.1) is 0 Å². The van der Waals surface area contributed by atoms with E-state index in [1.807, 2.05) is 6.92 Å². The number of carbonyl (C=O) groups is 2. The summed E-state index contributed by atoms with van der Waals surface area (Å²) in [5.41, 5.74) is 1.05. The number of urea groups is 1. The molecule has 1 aromatic carbocycles. The number of carboxylic acids is 1. The van der Waals surface area contributed by atoms with E-state index in [0.717, 1.165) is 5.56 Å². The van der Waals surface area contributed by atoms with Gasteiger partial charge in [-0.2, -0.15) is 0 Å². The second kappa shape index (κ2) is 8.50. The highest BCUT2D eigenvalue weighted by atomic mass is 16.5. The smallest absolute Gasteiger partial charge is 0.335 e. The van der Waals surface area contributed by atoms with Crippen LogP contribution in [0.15, 0.2) is 24.3 Å². The van der Waals surface area contributed by atoms with E-state index < -0.39 is 5.97 Å². The quantitative estimate of drug-likeness (QED) is 0.735. The standard InChI is InChI=1S/C16H22N2O5/c1-2-23-14-10-22-8-7-13(14)18-16(21)17-9-11-3-5-12(6-4-11)15(19)20/h3-6,13-14H,2,7-10H2,1H3,(H,19,20)(H2,17,18,21). The van der Waals surface area contributed by atoms with Gasteiger partial charge in [0.05, 0.1) is 18.2 Å². The van der Waals surface area contributed by atoms with Gasteiger partial charge in [-0.1, -0.05) is 12.1 Å². The summed E-state index contributed by atoms with van der Waals surface area (Å²) in [6.45, 7) is 3.89. The minimum Gasteiger partial charge on any atom is -0.478 e. The zero-order valence-electron chi connectivity index (χ0n) is 13.1. The van der Waals surface area contributed by atoms with E-state index in [4.69, 9.17) is 14.6 Å². The Hall–Kier alpha value is -2.12. The summed E-state index contributed by atoms with van der Waals surface area (Å²) in [7, 11) is 0. The Labute approximate surface area is 135 Å². The third-order valence-electron chi connectivity index (χ3n) is 3.66. The van der Waals surface area contributed by atoms with E-state index in [0.29, 0.717) is 32.8 Å². The van der Waals surface area contributed by atoms with Gasteiger partial charge in [0.25, 0.3) is 0 Å². The van der Waals surface area contributed by atoms with E-state index in [1.54, 1.807) is 12.1 Å². The van der Waals surface area contributed by atoms with Crippen LogP contribution in [0.4, 0.5) is 4.79 Å². The number of aromatic carboxylic acids is 1. The van der Waals surface area contributed by atoms with E-state index in [1.165, 1.54) is 12.1 Å². The number of rotatable bonds is 6. The number of hydrogen-bond donors (Lipinski definition) is 3. The number of carboxylic acid groups (broad SMARTS) is 1. The molecule has 1 saturated heterocycles. The van der Waals surface area contributed by atoms with E-state index >= 15 is 0 Å². The summed E-state index contributed by atoms with van der Waals surface area (Å²) in [5.74, 6) is -0.969. The zero-order chi connectivity index (χ0) is 16.7. The predicted molar refractivity (Wildman–Crippen MR) is 83.4 cm³/mol. The second-order valence-corrected chi connectivity index (χ2v) is 5.29. The fraction of sp³-hybridized carbons (Fsp3) is 0.500. The van der Waals surface area contributed by atoms with Gasteiger partial charge in [0.2, 0.25) is 0 Å². The molecular weight excluding hydrogens is 300 g/mol.